The predicted molar refractivity (Wildman–Crippen MR) is 88.1 cm³/mol. The number of carbonyl (C=O) groups is 1. The maximum atomic E-state index is 11.7. The molecule has 1 aromatic heterocycles. The van der Waals surface area contributed by atoms with Crippen molar-refractivity contribution < 1.29 is 9.63 Å². The summed E-state index contributed by atoms with van der Waals surface area (Å²) in [6, 6.07) is 8.40. The molecule has 0 saturated carbocycles. The molecule has 0 aliphatic rings. The molecule has 0 unspecified atom stereocenters. The van der Waals surface area contributed by atoms with Crippen molar-refractivity contribution in [3.8, 4) is 0 Å². The highest BCUT2D eigenvalue weighted by Gasteiger charge is 2.11. The van der Waals surface area contributed by atoms with Gasteiger partial charge in [-0.25, -0.2) is 14.8 Å². The van der Waals surface area contributed by atoms with E-state index in [4.69, 9.17) is 16.3 Å². The van der Waals surface area contributed by atoms with Crippen molar-refractivity contribution in [3.05, 3.63) is 52.4 Å². The van der Waals surface area contributed by atoms with Crippen LogP contribution in [0.3, 0.4) is 0 Å². The summed E-state index contributed by atoms with van der Waals surface area (Å²) in [5, 5.41) is 3.51. The minimum atomic E-state index is -0.630. The van der Waals surface area contributed by atoms with Gasteiger partial charge in [0.15, 0.2) is 17.3 Å². The van der Waals surface area contributed by atoms with Gasteiger partial charge >= 0.3 is 5.97 Å². The number of aromatic nitrogens is 2. The lowest BCUT2D eigenvalue weighted by molar-refractivity contribution is 0.0516. The van der Waals surface area contributed by atoms with Crippen molar-refractivity contribution in [3.63, 3.8) is 0 Å². The second-order valence-corrected chi connectivity index (χ2v) is 4.46. The van der Waals surface area contributed by atoms with Crippen molar-refractivity contribution in [2.75, 3.05) is 5.73 Å². The summed E-state index contributed by atoms with van der Waals surface area (Å²) in [6.07, 6.45) is 1.42. The lowest BCUT2D eigenvalue weighted by Crippen LogP contribution is -2.19. The Morgan fingerprint density at radius 2 is 1.91 bits per heavy atom. The molecule has 0 radical (unpaired) electrons. The molecule has 2 aromatic rings. The molecule has 8 heteroatoms. The highest BCUT2D eigenvalue weighted by Crippen LogP contribution is 2.10. The van der Waals surface area contributed by atoms with Crippen molar-refractivity contribution in [1.29, 1.82) is 0 Å². The van der Waals surface area contributed by atoms with Crippen molar-refractivity contribution in [1.82, 2.24) is 9.97 Å². The third kappa shape index (κ3) is 4.81. The van der Waals surface area contributed by atoms with Crippen LogP contribution in [0, 0.1) is 0 Å². The molecule has 0 bridgehead atoms. The van der Waals surface area contributed by atoms with Gasteiger partial charge < -0.3 is 16.3 Å². The fourth-order valence-electron chi connectivity index (χ4n) is 1.33. The lowest BCUT2D eigenvalue weighted by Gasteiger charge is -2.03. The number of hydrogen-bond donors (Lipinski definition) is 2. The third-order valence-corrected chi connectivity index (χ3v) is 2.63. The van der Waals surface area contributed by atoms with Crippen LogP contribution in [-0.4, -0.2) is 21.8 Å². The number of benzene rings is 1. The Labute approximate surface area is 136 Å². The molecular weight excluding hydrogens is 350 g/mol. The molecule has 1 aromatic carbocycles. The topological polar surface area (TPSA) is 116 Å². The third-order valence-electron chi connectivity index (χ3n) is 2.25. The van der Waals surface area contributed by atoms with E-state index >= 15 is 0 Å². The van der Waals surface area contributed by atoms with Gasteiger partial charge in [-0.15, -0.1) is 0 Å². The van der Waals surface area contributed by atoms with E-state index in [1.807, 2.05) is 13.8 Å². The van der Waals surface area contributed by atoms with Crippen LogP contribution in [0.5, 0.6) is 0 Å². The van der Waals surface area contributed by atoms with Crippen molar-refractivity contribution >= 4 is 33.6 Å². The van der Waals surface area contributed by atoms with Crippen LogP contribution in [0.15, 0.2) is 46.3 Å². The first-order valence-electron chi connectivity index (χ1n) is 6.46. The summed E-state index contributed by atoms with van der Waals surface area (Å²) in [6.45, 7) is 4.00. The highest BCUT2D eigenvalue weighted by atomic mass is 79.9. The van der Waals surface area contributed by atoms with Gasteiger partial charge in [-0.05, 0) is 28.1 Å². The molecule has 7 nitrogen and oxygen atoms in total. The van der Waals surface area contributed by atoms with E-state index in [0.29, 0.717) is 10.2 Å². The van der Waals surface area contributed by atoms with Gasteiger partial charge in [0.2, 0.25) is 0 Å². The molecule has 0 atom stereocenters. The van der Waals surface area contributed by atoms with Crippen LogP contribution >= 0.6 is 15.9 Å². The van der Waals surface area contributed by atoms with Crippen molar-refractivity contribution in [2.45, 2.75) is 13.8 Å². The van der Waals surface area contributed by atoms with E-state index in [9.17, 15) is 4.79 Å². The Morgan fingerprint density at radius 1 is 1.27 bits per heavy atom. The number of nitrogens with two attached hydrogens (primary N) is 2. The minimum absolute atomic E-state index is 0.0882. The number of halogens is 1. The quantitative estimate of drug-likeness (QED) is 0.373. The second kappa shape index (κ2) is 8.73. The van der Waals surface area contributed by atoms with Gasteiger partial charge in [0, 0.05) is 0 Å². The molecule has 0 saturated heterocycles. The molecule has 2 rings (SSSR count). The molecule has 1 heterocycles. The molecule has 0 spiro atoms. The average molecular weight is 366 g/mol. The Morgan fingerprint density at radius 3 is 2.55 bits per heavy atom. The van der Waals surface area contributed by atoms with E-state index in [-0.39, 0.29) is 17.3 Å². The zero-order chi connectivity index (χ0) is 16.5. The van der Waals surface area contributed by atoms with E-state index < -0.39 is 5.97 Å². The summed E-state index contributed by atoms with van der Waals surface area (Å²) in [4.78, 5) is 24.3. The fraction of sp³-hybridized carbons (Fsp3) is 0.143. The van der Waals surface area contributed by atoms with Gasteiger partial charge in [0.1, 0.15) is 4.60 Å². The normalized spacial score (nSPS) is 10.4. The molecule has 0 fully saturated rings. The summed E-state index contributed by atoms with van der Waals surface area (Å²) >= 11 is 3.13. The first-order valence-corrected chi connectivity index (χ1v) is 7.25. The second-order valence-electron chi connectivity index (χ2n) is 3.65. The molecule has 116 valence electrons. The smallest absolute Gasteiger partial charge is 0.365 e. The van der Waals surface area contributed by atoms with Crippen molar-refractivity contribution in [2.24, 2.45) is 10.9 Å². The largest absolute Gasteiger partial charge is 0.382 e. The number of anilines is 1. The fourth-order valence-corrected chi connectivity index (χ4v) is 1.61. The number of rotatable bonds is 3. The van der Waals surface area contributed by atoms with Gasteiger partial charge in [0.25, 0.3) is 0 Å². The molecule has 0 aliphatic heterocycles. The van der Waals surface area contributed by atoms with E-state index in [1.54, 1.807) is 30.3 Å². The summed E-state index contributed by atoms with van der Waals surface area (Å²) in [5.74, 6) is -0.680. The SMILES string of the molecule is CC.N/C(=N\OC(=O)c1ccccc1)c1nc(Br)cnc1N. The molecule has 4 N–H and O–H groups in total. The van der Waals surface area contributed by atoms with Crippen LogP contribution in [0.1, 0.15) is 29.9 Å². The maximum Gasteiger partial charge on any atom is 0.365 e. The van der Waals surface area contributed by atoms with Crippen LogP contribution in [-0.2, 0) is 4.84 Å². The Kier molecular flexibility index (Phi) is 6.97. The van der Waals surface area contributed by atoms with Gasteiger partial charge in [0.05, 0.1) is 11.8 Å². The number of nitrogen functional groups attached to an aromatic ring is 1. The predicted octanol–water partition coefficient (Wildman–Crippen LogP) is 2.32. The summed E-state index contributed by atoms with van der Waals surface area (Å²) in [5.41, 5.74) is 11.8. The standard InChI is InChI=1S/C12H10BrN5O2.C2H6/c13-8-6-16-10(14)9(17-8)11(15)18-20-12(19)7-4-2-1-3-5-7;1-2/h1-6H,(H2,14,16)(H2,15,18);1-2H3. The average Bonchev–Trinajstić information content (AvgIpc) is 2.57. The van der Waals surface area contributed by atoms with E-state index in [2.05, 4.69) is 31.1 Å². The summed E-state index contributed by atoms with van der Waals surface area (Å²) < 4.78 is 0.439. The number of nitrogens with zero attached hydrogens (tertiary/aromatic N) is 3. The zero-order valence-corrected chi connectivity index (χ0v) is 13.7. The van der Waals surface area contributed by atoms with Crippen LogP contribution in [0.25, 0.3) is 0 Å². The number of oxime groups is 1. The number of hydrogen-bond acceptors (Lipinski definition) is 6. The monoisotopic (exact) mass is 365 g/mol. The Hall–Kier alpha value is -2.48. The molecular formula is C14H16BrN5O2. The molecule has 0 amide bonds. The first-order chi connectivity index (χ1) is 10.6. The van der Waals surface area contributed by atoms with E-state index in [1.165, 1.54) is 6.20 Å². The zero-order valence-electron chi connectivity index (χ0n) is 12.2. The van der Waals surface area contributed by atoms with Crippen LogP contribution in [0.4, 0.5) is 5.82 Å². The highest BCUT2D eigenvalue weighted by molar-refractivity contribution is 9.10. The minimum Gasteiger partial charge on any atom is -0.382 e. The van der Waals surface area contributed by atoms with Gasteiger partial charge in [-0.1, -0.05) is 37.2 Å². The summed E-state index contributed by atoms with van der Waals surface area (Å²) in [7, 11) is 0. The number of amidine groups is 1. The Bertz CT molecular complexity index is 662. The van der Waals surface area contributed by atoms with Gasteiger partial charge in [-0.3, -0.25) is 0 Å². The van der Waals surface area contributed by atoms with Crippen LogP contribution < -0.4 is 11.5 Å². The Balaban J connectivity index is 0.00000116. The molecule has 0 aliphatic carbocycles. The van der Waals surface area contributed by atoms with Gasteiger partial charge in [-0.2, -0.15) is 0 Å². The first kappa shape index (κ1) is 17.6. The molecule has 22 heavy (non-hydrogen) atoms. The lowest BCUT2D eigenvalue weighted by atomic mass is 10.2. The van der Waals surface area contributed by atoms with E-state index in [0.717, 1.165) is 0 Å². The number of carbonyl (C=O) groups excluding carboxylic acids is 1. The van der Waals surface area contributed by atoms with Crippen LogP contribution in [0.2, 0.25) is 0 Å². The maximum absolute atomic E-state index is 11.7.